The molecule has 146 valence electrons. The first kappa shape index (κ1) is 19.8. The molecule has 0 saturated carbocycles. The Morgan fingerprint density at radius 2 is 1.41 bits per heavy atom. The Morgan fingerprint density at radius 1 is 0.724 bits per heavy atom. The number of hydrogen-bond acceptors (Lipinski definition) is 3. The van der Waals surface area contributed by atoms with Gasteiger partial charge in [-0.25, -0.2) is 0 Å². The number of carbonyl (C=O) groups excluding carboxylic acids is 3. The van der Waals surface area contributed by atoms with Crippen LogP contribution in [-0.2, 0) is 14.4 Å². The van der Waals surface area contributed by atoms with Gasteiger partial charge >= 0.3 is 0 Å². The summed E-state index contributed by atoms with van der Waals surface area (Å²) in [7, 11) is 0. The number of fused-ring (bicyclic) bond motifs is 1. The maximum Gasteiger partial charge on any atom is 0.262 e. The SMILES string of the molecule is O=C(/C=C/c1cccc2ccccc12)NNC(=O)CCC(=O)Nc1ccccc1. The molecule has 3 amide bonds. The van der Waals surface area contributed by atoms with Gasteiger partial charge in [0.2, 0.25) is 11.8 Å². The molecule has 0 spiro atoms. The minimum absolute atomic E-state index is 0.0163. The van der Waals surface area contributed by atoms with Crippen molar-refractivity contribution in [3.63, 3.8) is 0 Å². The van der Waals surface area contributed by atoms with Crippen LogP contribution in [0.15, 0.2) is 78.9 Å². The van der Waals surface area contributed by atoms with Gasteiger partial charge in [0.15, 0.2) is 0 Å². The summed E-state index contributed by atoms with van der Waals surface area (Å²) in [4.78, 5) is 35.6. The van der Waals surface area contributed by atoms with Gasteiger partial charge in [-0.15, -0.1) is 0 Å². The van der Waals surface area contributed by atoms with Crippen LogP contribution in [0.3, 0.4) is 0 Å². The van der Waals surface area contributed by atoms with Gasteiger partial charge in [-0.05, 0) is 34.5 Å². The number of nitrogens with one attached hydrogen (secondary N) is 3. The predicted molar refractivity (Wildman–Crippen MR) is 114 cm³/mol. The van der Waals surface area contributed by atoms with Crippen LogP contribution in [0.2, 0.25) is 0 Å². The van der Waals surface area contributed by atoms with Crippen LogP contribution >= 0.6 is 0 Å². The van der Waals surface area contributed by atoms with E-state index in [0.717, 1.165) is 16.3 Å². The number of hydrazine groups is 1. The van der Waals surface area contributed by atoms with E-state index in [1.54, 1.807) is 18.2 Å². The second kappa shape index (κ2) is 9.85. The number of hydrogen-bond donors (Lipinski definition) is 3. The normalized spacial score (nSPS) is 10.6. The number of anilines is 1. The van der Waals surface area contributed by atoms with E-state index in [4.69, 9.17) is 0 Å². The Kier molecular flexibility index (Phi) is 6.73. The van der Waals surface area contributed by atoms with Crippen LogP contribution in [0.4, 0.5) is 5.69 Å². The zero-order chi connectivity index (χ0) is 20.5. The molecule has 0 fully saturated rings. The molecule has 0 aromatic heterocycles. The highest BCUT2D eigenvalue weighted by Crippen LogP contribution is 2.19. The molecule has 0 aliphatic carbocycles. The highest BCUT2D eigenvalue weighted by molar-refractivity contribution is 5.98. The van der Waals surface area contributed by atoms with Crippen molar-refractivity contribution in [2.24, 2.45) is 0 Å². The summed E-state index contributed by atoms with van der Waals surface area (Å²) in [5.41, 5.74) is 6.20. The van der Waals surface area contributed by atoms with Gasteiger partial charge in [-0.1, -0.05) is 60.7 Å². The topological polar surface area (TPSA) is 87.3 Å². The Hall–Kier alpha value is -3.93. The van der Waals surface area contributed by atoms with Crippen LogP contribution in [-0.4, -0.2) is 17.7 Å². The van der Waals surface area contributed by atoms with Crippen LogP contribution in [0.1, 0.15) is 18.4 Å². The molecule has 6 heteroatoms. The molecule has 29 heavy (non-hydrogen) atoms. The molecule has 0 aliphatic rings. The summed E-state index contributed by atoms with van der Waals surface area (Å²) in [6.07, 6.45) is 3.02. The van der Waals surface area contributed by atoms with Gasteiger partial charge in [0.05, 0.1) is 0 Å². The molecular weight excluding hydrogens is 366 g/mol. The second-order valence-corrected chi connectivity index (χ2v) is 6.35. The molecule has 0 aliphatic heterocycles. The van der Waals surface area contributed by atoms with Crippen molar-refractivity contribution in [3.8, 4) is 0 Å². The van der Waals surface area contributed by atoms with Gasteiger partial charge in [0.25, 0.3) is 5.91 Å². The molecule has 3 aromatic carbocycles. The molecule has 3 N–H and O–H groups in total. The van der Waals surface area contributed by atoms with Crippen LogP contribution in [0.25, 0.3) is 16.8 Å². The van der Waals surface area contributed by atoms with Crippen LogP contribution < -0.4 is 16.2 Å². The summed E-state index contributed by atoms with van der Waals surface area (Å²) in [6.45, 7) is 0. The van der Waals surface area contributed by atoms with E-state index in [9.17, 15) is 14.4 Å². The lowest BCUT2D eigenvalue weighted by atomic mass is 10.0. The Bertz CT molecular complexity index is 1040. The Balaban J connectivity index is 1.43. The first-order chi connectivity index (χ1) is 14.1. The average molecular weight is 387 g/mol. The van der Waals surface area contributed by atoms with E-state index in [-0.39, 0.29) is 18.7 Å². The fourth-order valence-electron chi connectivity index (χ4n) is 2.77. The van der Waals surface area contributed by atoms with Crippen molar-refractivity contribution in [2.45, 2.75) is 12.8 Å². The lowest BCUT2D eigenvalue weighted by molar-refractivity contribution is -0.128. The van der Waals surface area contributed by atoms with Gasteiger partial charge in [-0.3, -0.25) is 25.2 Å². The first-order valence-corrected chi connectivity index (χ1v) is 9.21. The van der Waals surface area contributed by atoms with E-state index >= 15 is 0 Å². The molecule has 3 rings (SSSR count). The first-order valence-electron chi connectivity index (χ1n) is 9.21. The lowest BCUT2D eigenvalue weighted by Crippen LogP contribution is -2.41. The van der Waals surface area contributed by atoms with Crippen molar-refractivity contribution < 1.29 is 14.4 Å². The van der Waals surface area contributed by atoms with Gasteiger partial charge in [0.1, 0.15) is 0 Å². The summed E-state index contributed by atoms with van der Waals surface area (Å²) < 4.78 is 0. The van der Waals surface area contributed by atoms with E-state index in [0.29, 0.717) is 5.69 Å². The Labute approximate surface area is 168 Å². The standard InChI is InChI=1S/C23H21N3O3/c27-21(24-19-10-2-1-3-11-19)15-16-23(29)26-25-22(28)14-13-18-9-6-8-17-7-4-5-12-20(17)18/h1-14H,15-16H2,(H,24,27)(H,25,28)(H,26,29)/b14-13+. The summed E-state index contributed by atoms with van der Waals surface area (Å²) in [5, 5.41) is 4.81. The van der Waals surface area contributed by atoms with Crippen molar-refractivity contribution in [1.29, 1.82) is 0 Å². The zero-order valence-corrected chi connectivity index (χ0v) is 15.7. The number of para-hydroxylation sites is 1. The highest BCUT2D eigenvalue weighted by atomic mass is 16.2. The lowest BCUT2D eigenvalue weighted by Gasteiger charge is -2.06. The molecular formula is C23H21N3O3. The number of rotatable bonds is 6. The van der Waals surface area contributed by atoms with Crippen molar-refractivity contribution in [1.82, 2.24) is 10.9 Å². The summed E-state index contributed by atoms with van der Waals surface area (Å²) >= 11 is 0. The minimum atomic E-state index is -0.458. The van der Waals surface area contributed by atoms with Gasteiger partial charge < -0.3 is 5.32 Å². The molecule has 6 nitrogen and oxygen atoms in total. The van der Waals surface area contributed by atoms with E-state index in [2.05, 4.69) is 16.2 Å². The molecule has 0 unspecified atom stereocenters. The maximum absolute atomic E-state index is 11.9. The second-order valence-electron chi connectivity index (χ2n) is 6.35. The van der Waals surface area contributed by atoms with Crippen molar-refractivity contribution in [2.75, 3.05) is 5.32 Å². The zero-order valence-electron chi connectivity index (χ0n) is 15.7. The van der Waals surface area contributed by atoms with E-state index < -0.39 is 11.8 Å². The highest BCUT2D eigenvalue weighted by Gasteiger charge is 2.08. The van der Waals surface area contributed by atoms with Crippen LogP contribution in [0, 0.1) is 0 Å². The Morgan fingerprint density at radius 3 is 2.24 bits per heavy atom. The quantitative estimate of drug-likeness (QED) is 0.447. The molecule has 0 radical (unpaired) electrons. The average Bonchev–Trinajstić information content (AvgIpc) is 2.75. The van der Waals surface area contributed by atoms with Crippen LogP contribution in [0.5, 0.6) is 0 Å². The van der Waals surface area contributed by atoms with Crippen molar-refractivity contribution in [3.05, 3.63) is 84.4 Å². The third-order valence-electron chi connectivity index (χ3n) is 4.20. The molecule has 0 bridgehead atoms. The fourth-order valence-corrected chi connectivity index (χ4v) is 2.77. The molecule has 3 aromatic rings. The third kappa shape index (κ3) is 6.04. The summed E-state index contributed by atoms with van der Waals surface area (Å²) in [5.74, 6) is -1.17. The van der Waals surface area contributed by atoms with Gasteiger partial charge in [0, 0.05) is 24.6 Å². The number of benzene rings is 3. The smallest absolute Gasteiger partial charge is 0.262 e. The largest absolute Gasteiger partial charge is 0.326 e. The van der Waals surface area contributed by atoms with E-state index in [1.165, 1.54) is 6.08 Å². The molecule has 0 atom stereocenters. The molecule has 0 saturated heterocycles. The van der Waals surface area contributed by atoms with Crippen molar-refractivity contribution >= 4 is 40.3 Å². The minimum Gasteiger partial charge on any atom is -0.326 e. The monoisotopic (exact) mass is 387 g/mol. The van der Waals surface area contributed by atoms with Gasteiger partial charge in [-0.2, -0.15) is 0 Å². The molecule has 0 heterocycles. The number of carbonyl (C=O) groups is 3. The summed E-state index contributed by atoms with van der Waals surface area (Å²) in [6, 6.07) is 22.7. The predicted octanol–water partition coefficient (Wildman–Crippen LogP) is 3.42. The third-order valence-corrected chi connectivity index (χ3v) is 4.20. The maximum atomic E-state index is 11.9. The fraction of sp³-hybridized carbons (Fsp3) is 0.0870. The number of amides is 3. The van der Waals surface area contributed by atoms with E-state index in [1.807, 2.05) is 60.7 Å².